The predicted octanol–water partition coefficient (Wildman–Crippen LogP) is 2.51. The van der Waals surface area contributed by atoms with Gasteiger partial charge in [-0.1, -0.05) is 13.0 Å². The third-order valence-corrected chi connectivity index (χ3v) is 3.99. The van der Waals surface area contributed by atoms with Crippen LogP contribution in [0.5, 0.6) is 0 Å². The molecule has 0 bridgehead atoms. The normalized spacial score (nSPS) is 18.1. The summed E-state index contributed by atoms with van der Waals surface area (Å²) in [5.41, 5.74) is 1.78. The zero-order valence-corrected chi connectivity index (χ0v) is 13.0. The highest BCUT2D eigenvalue weighted by Crippen LogP contribution is 2.19. The standard InChI is InChI=1S/C17H23N5/c1-2-16-21-15(14-7-3-4-9-19-14)10-17(22-16)20-12-13-6-5-8-18-11-13/h3-4,7,9-10,13,18H,2,5-6,8,11-12H2,1H3,(H,20,21,22). The average Bonchev–Trinajstić information content (AvgIpc) is 2.61. The Bertz CT molecular complexity index is 593. The van der Waals surface area contributed by atoms with Crippen LogP contribution in [0.15, 0.2) is 30.5 Å². The number of anilines is 1. The van der Waals surface area contributed by atoms with E-state index in [1.54, 1.807) is 6.20 Å². The molecule has 22 heavy (non-hydrogen) atoms. The summed E-state index contributed by atoms with van der Waals surface area (Å²) in [5.74, 6) is 2.43. The van der Waals surface area contributed by atoms with Gasteiger partial charge in [-0.3, -0.25) is 4.98 Å². The van der Waals surface area contributed by atoms with Gasteiger partial charge in [-0.05, 0) is 44.0 Å². The van der Waals surface area contributed by atoms with E-state index in [0.29, 0.717) is 5.92 Å². The Kier molecular flexibility index (Phi) is 4.96. The second-order valence-corrected chi connectivity index (χ2v) is 5.72. The Morgan fingerprint density at radius 1 is 1.27 bits per heavy atom. The number of nitrogens with zero attached hydrogens (tertiary/aromatic N) is 3. The van der Waals surface area contributed by atoms with Crippen molar-refractivity contribution in [3.8, 4) is 11.4 Å². The Hall–Kier alpha value is -2.01. The fourth-order valence-electron chi connectivity index (χ4n) is 2.74. The summed E-state index contributed by atoms with van der Waals surface area (Å²) in [4.78, 5) is 13.6. The summed E-state index contributed by atoms with van der Waals surface area (Å²) in [5, 5.41) is 6.93. The smallest absolute Gasteiger partial charge is 0.131 e. The quantitative estimate of drug-likeness (QED) is 0.888. The van der Waals surface area contributed by atoms with E-state index in [4.69, 9.17) is 0 Å². The lowest BCUT2D eigenvalue weighted by Crippen LogP contribution is -2.33. The zero-order chi connectivity index (χ0) is 15.2. The van der Waals surface area contributed by atoms with Crippen LogP contribution in [0.2, 0.25) is 0 Å². The molecule has 0 saturated carbocycles. The van der Waals surface area contributed by atoms with Gasteiger partial charge in [0.15, 0.2) is 0 Å². The Morgan fingerprint density at radius 2 is 2.23 bits per heavy atom. The first kappa shape index (κ1) is 14.9. The molecular weight excluding hydrogens is 274 g/mol. The highest BCUT2D eigenvalue weighted by atomic mass is 15.0. The molecule has 1 fully saturated rings. The van der Waals surface area contributed by atoms with Crippen molar-refractivity contribution in [2.75, 3.05) is 25.0 Å². The van der Waals surface area contributed by atoms with Crippen molar-refractivity contribution < 1.29 is 0 Å². The van der Waals surface area contributed by atoms with Crippen molar-refractivity contribution in [1.82, 2.24) is 20.3 Å². The van der Waals surface area contributed by atoms with Gasteiger partial charge in [-0.2, -0.15) is 0 Å². The minimum Gasteiger partial charge on any atom is -0.370 e. The van der Waals surface area contributed by atoms with Crippen molar-refractivity contribution in [1.29, 1.82) is 0 Å². The molecule has 3 heterocycles. The minimum absolute atomic E-state index is 0.673. The molecule has 0 aliphatic carbocycles. The lowest BCUT2D eigenvalue weighted by Gasteiger charge is -2.23. The second kappa shape index (κ2) is 7.31. The number of nitrogens with one attached hydrogen (secondary N) is 2. The van der Waals surface area contributed by atoms with E-state index in [1.807, 2.05) is 24.3 Å². The molecule has 2 aromatic rings. The van der Waals surface area contributed by atoms with Gasteiger partial charge in [0.05, 0.1) is 11.4 Å². The molecule has 1 atom stereocenters. The van der Waals surface area contributed by atoms with E-state index in [2.05, 4.69) is 32.5 Å². The molecule has 2 N–H and O–H groups in total. The molecule has 3 rings (SSSR count). The molecule has 1 saturated heterocycles. The number of hydrogen-bond donors (Lipinski definition) is 2. The van der Waals surface area contributed by atoms with Crippen LogP contribution in [0.3, 0.4) is 0 Å². The first-order chi connectivity index (χ1) is 10.8. The highest BCUT2D eigenvalue weighted by molar-refractivity contribution is 5.58. The Balaban J connectivity index is 1.75. The van der Waals surface area contributed by atoms with Crippen LogP contribution in [0, 0.1) is 5.92 Å². The third-order valence-electron chi connectivity index (χ3n) is 3.99. The van der Waals surface area contributed by atoms with E-state index in [1.165, 1.54) is 12.8 Å². The van der Waals surface area contributed by atoms with E-state index < -0.39 is 0 Å². The molecule has 1 aliphatic rings. The zero-order valence-electron chi connectivity index (χ0n) is 13.0. The van der Waals surface area contributed by atoms with E-state index >= 15 is 0 Å². The maximum absolute atomic E-state index is 4.59. The SMILES string of the molecule is CCc1nc(NCC2CCCNC2)cc(-c2ccccn2)n1. The molecule has 0 aromatic carbocycles. The Labute approximate surface area is 131 Å². The number of piperidine rings is 1. The third kappa shape index (κ3) is 3.80. The number of pyridine rings is 1. The summed E-state index contributed by atoms with van der Waals surface area (Å²) in [6, 6.07) is 7.88. The highest BCUT2D eigenvalue weighted by Gasteiger charge is 2.13. The molecule has 5 heteroatoms. The summed E-state index contributed by atoms with van der Waals surface area (Å²) < 4.78 is 0. The van der Waals surface area contributed by atoms with Crippen molar-refractivity contribution in [2.24, 2.45) is 5.92 Å². The van der Waals surface area contributed by atoms with Crippen molar-refractivity contribution >= 4 is 5.82 Å². The van der Waals surface area contributed by atoms with Crippen LogP contribution in [0.4, 0.5) is 5.82 Å². The maximum Gasteiger partial charge on any atom is 0.131 e. The van der Waals surface area contributed by atoms with Gasteiger partial charge in [0.1, 0.15) is 11.6 Å². The lowest BCUT2D eigenvalue weighted by molar-refractivity contribution is 0.392. The van der Waals surface area contributed by atoms with E-state index in [-0.39, 0.29) is 0 Å². The summed E-state index contributed by atoms with van der Waals surface area (Å²) in [6.45, 7) is 5.26. The second-order valence-electron chi connectivity index (χ2n) is 5.72. The van der Waals surface area contributed by atoms with Crippen LogP contribution in [-0.2, 0) is 6.42 Å². The van der Waals surface area contributed by atoms with Crippen molar-refractivity contribution in [3.63, 3.8) is 0 Å². The first-order valence-corrected chi connectivity index (χ1v) is 8.09. The predicted molar refractivity (Wildman–Crippen MR) is 88.7 cm³/mol. The molecule has 1 unspecified atom stereocenters. The molecule has 0 amide bonds. The van der Waals surface area contributed by atoms with Gasteiger partial charge in [0.25, 0.3) is 0 Å². The number of rotatable bonds is 5. The monoisotopic (exact) mass is 297 g/mol. The van der Waals surface area contributed by atoms with Gasteiger partial charge in [0, 0.05) is 25.2 Å². The number of aromatic nitrogens is 3. The van der Waals surface area contributed by atoms with E-state index in [9.17, 15) is 0 Å². The van der Waals surface area contributed by atoms with Gasteiger partial charge in [-0.15, -0.1) is 0 Å². The molecule has 0 radical (unpaired) electrons. The van der Waals surface area contributed by atoms with Gasteiger partial charge < -0.3 is 10.6 Å². The van der Waals surface area contributed by atoms with Crippen LogP contribution < -0.4 is 10.6 Å². The maximum atomic E-state index is 4.59. The average molecular weight is 297 g/mol. The van der Waals surface area contributed by atoms with Gasteiger partial charge in [-0.25, -0.2) is 9.97 Å². The molecular formula is C17H23N5. The topological polar surface area (TPSA) is 62.7 Å². The first-order valence-electron chi connectivity index (χ1n) is 8.09. The fraction of sp³-hybridized carbons (Fsp3) is 0.471. The molecule has 0 spiro atoms. The number of hydrogen-bond acceptors (Lipinski definition) is 5. The summed E-state index contributed by atoms with van der Waals surface area (Å²) in [6.07, 6.45) is 5.15. The van der Waals surface area contributed by atoms with Crippen LogP contribution in [-0.4, -0.2) is 34.6 Å². The van der Waals surface area contributed by atoms with Gasteiger partial charge >= 0.3 is 0 Å². The molecule has 2 aromatic heterocycles. The van der Waals surface area contributed by atoms with Crippen LogP contribution in [0.25, 0.3) is 11.4 Å². The van der Waals surface area contributed by atoms with Crippen LogP contribution >= 0.6 is 0 Å². The molecule has 5 nitrogen and oxygen atoms in total. The summed E-state index contributed by atoms with van der Waals surface area (Å²) in [7, 11) is 0. The van der Waals surface area contributed by atoms with Crippen LogP contribution in [0.1, 0.15) is 25.6 Å². The van der Waals surface area contributed by atoms with Gasteiger partial charge in [0.2, 0.25) is 0 Å². The molecule has 1 aliphatic heterocycles. The Morgan fingerprint density at radius 3 is 2.95 bits per heavy atom. The largest absolute Gasteiger partial charge is 0.370 e. The van der Waals surface area contributed by atoms with E-state index in [0.717, 1.165) is 49.1 Å². The van der Waals surface area contributed by atoms with Crippen molar-refractivity contribution in [2.45, 2.75) is 26.2 Å². The fourth-order valence-corrected chi connectivity index (χ4v) is 2.74. The lowest BCUT2D eigenvalue weighted by atomic mass is 10.00. The molecule has 116 valence electrons. The van der Waals surface area contributed by atoms with Crippen molar-refractivity contribution in [3.05, 3.63) is 36.3 Å². The number of aryl methyl sites for hydroxylation is 1. The minimum atomic E-state index is 0.673. The summed E-state index contributed by atoms with van der Waals surface area (Å²) >= 11 is 0.